The minimum absolute atomic E-state index is 0.000825. The number of benzene rings is 1. The van der Waals surface area contributed by atoms with Gasteiger partial charge in [0.15, 0.2) is 0 Å². The van der Waals surface area contributed by atoms with Crippen LogP contribution in [0.2, 0.25) is 0 Å². The molecule has 1 N–H and O–H groups in total. The fourth-order valence-electron chi connectivity index (χ4n) is 3.05. The molecule has 1 aliphatic rings. The zero-order chi connectivity index (χ0) is 21.0. The third-order valence-electron chi connectivity index (χ3n) is 4.59. The van der Waals surface area contributed by atoms with Crippen LogP contribution in [0, 0.1) is 0 Å². The number of hydrogen-bond acceptors (Lipinski definition) is 5. The Morgan fingerprint density at radius 1 is 1.21 bits per heavy atom. The summed E-state index contributed by atoms with van der Waals surface area (Å²) in [6, 6.07) is 11.8. The number of anilines is 2. The van der Waals surface area contributed by atoms with Gasteiger partial charge in [0.2, 0.25) is 5.91 Å². The number of para-hydroxylation sites is 1. The van der Waals surface area contributed by atoms with Crippen molar-refractivity contribution in [3.8, 4) is 0 Å². The molecule has 1 aromatic carbocycles. The van der Waals surface area contributed by atoms with Crippen LogP contribution in [-0.4, -0.2) is 45.4 Å². The third kappa shape index (κ3) is 4.14. The summed E-state index contributed by atoms with van der Waals surface area (Å²) in [5.74, 6) is -0.225. The molecule has 0 spiro atoms. The van der Waals surface area contributed by atoms with E-state index in [1.165, 1.54) is 34.6 Å². The van der Waals surface area contributed by atoms with E-state index in [0.29, 0.717) is 17.1 Å². The number of nitrogens with zero attached hydrogens (tertiary/aromatic N) is 3. The lowest BCUT2D eigenvalue weighted by Crippen LogP contribution is -2.31. The fourth-order valence-corrected chi connectivity index (χ4v) is 4.47. The monoisotopic (exact) mass is 414 g/mol. The number of nitrogens with one attached hydrogen (secondary N) is 1. The Morgan fingerprint density at radius 3 is 2.52 bits per heavy atom. The van der Waals surface area contributed by atoms with E-state index in [0.717, 1.165) is 0 Å². The molecule has 3 rings (SSSR count). The highest BCUT2D eigenvalue weighted by molar-refractivity contribution is 7.92. The summed E-state index contributed by atoms with van der Waals surface area (Å²) in [7, 11) is -2.28. The van der Waals surface area contributed by atoms with Gasteiger partial charge in [0, 0.05) is 31.9 Å². The van der Waals surface area contributed by atoms with Crippen molar-refractivity contribution in [1.29, 1.82) is 0 Å². The normalized spacial score (nSPS) is 13.9. The number of amides is 2. The van der Waals surface area contributed by atoms with Crippen molar-refractivity contribution < 1.29 is 18.0 Å². The zero-order valence-corrected chi connectivity index (χ0v) is 17.0. The van der Waals surface area contributed by atoms with Gasteiger partial charge in [-0.05, 0) is 31.2 Å². The number of hydrogen-bond donors (Lipinski definition) is 1. The van der Waals surface area contributed by atoms with Gasteiger partial charge < -0.3 is 5.32 Å². The standard InChI is InChI=1S/C20H22N4O4S/c1-3-24(16-7-5-4-6-8-16)29(27,28)17-9-10-18(22-14-17)23-12-11-15(20(23)26)13-19(25)21-2/h4-11,14H,3,12-13H2,1-2H3,(H,21,25). The molecule has 0 unspecified atom stereocenters. The molecular formula is C20H22N4O4S. The predicted octanol–water partition coefficient (Wildman–Crippen LogP) is 1.71. The second-order valence-electron chi connectivity index (χ2n) is 6.35. The Morgan fingerprint density at radius 2 is 1.93 bits per heavy atom. The first-order chi connectivity index (χ1) is 13.9. The van der Waals surface area contributed by atoms with Gasteiger partial charge >= 0.3 is 0 Å². The molecule has 1 aliphatic heterocycles. The number of sulfonamides is 1. The van der Waals surface area contributed by atoms with Crippen molar-refractivity contribution in [2.75, 3.05) is 29.3 Å². The molecule has 0 aliphatic carbocycles. The lowest BCUT2D eigenvalue weighted by molar-refractivity contribution is -0.121. The largest absolute Gasteiger partial charge is 0.359 e. The lowest BCUT2D eigenvalue weighted by Gasteiger charge is -2.23. The number of carbonyl (C=O) groups excluding carboxylic acids is 2. The van der Waals surface area contributed by atoms with Gasteiger partial charge in [0.05, 0.1) is 12.1 Å². The van der Waals surface area contributed by atoms with E-state index in [1.807, 2.05) is 6.07 Å². The summed E-state index contributed by atoms with van der Waals surface area (Å²) in [6.45, 7) is 2.32. The van der Waals surface area contributed by atoms with Gasteiger partial charge in [0.25, 0.3) is 15.9 Å². The highest BCUT2D eigenvalue weighted by Crippen LogP contribution is 2.25. The molecule has 0 radical (unpaired) electrons. The Bertz CT molecular complexity index is 1030. The van der Waals surface area contributed by atoms with Crippen molar-refractivity contribution >= 4 is 33.3 Å². The summed E-state index contributed by atoms with van der Waals surface area (Å²) in [5, 5.41) is 2.48. The number of pyridine rings is 1. The molecule has 0 atom stereocenters. The van der Waals surface area contributed by atoms with Gasteiger partial charge in [-0.2, -0.15) is 0 Å². The maximum Gasteiger partial charge on any atom is 0.265 e. The minimum Gasteiger partial charge on any atom is -0.359 e. The first-order valence-corrected chi connectivity index (χ1v) is 10.6. The van der Waals surface area contributed by atoms with Crippen molar-refractivity contribution in [3.63, 3.8) is 0 Å². The summed E-state index contributed by atoms with van der Waals surface area (Å²) >= 11 is 0. The minimum atomic E-state index is -3.79. The van der Waals surface area contributed by atoms with Crippen molar-refractivity contribution in [1.82, 2.24) is 10.3 Å². The second kappa shape index (κ2) is 8.44. The van der Waals surface area contributed by atoms with Crippen LogP contribution in [0.25, 0.3) is 0 Å². The van der Waals surface area contributed by atoms with E-state index in [-0.39, 0.29) is 36.2 Å². The van der Waals surface area contributed by atoms with E-state index in [9.17, 15) is 18.0 Å². The topological polar surface area (TPSA) is 99.7 Å². The average Bonchev–Trinajstić information content (AvgIpc) is 3.09. The summed E-state index contributed by atoms with van der Waals surface area (Å²) in [4.78, 5) is 29.6. The van der Waals surface area contributed by atoms with E-state index in [1.54, 1.807) is 37.3 Å². The molecule has 2 heterocycles. The van der Waals surface area contributed by atoms with Crippen molar-refractivity contribution in [3.05, 3.63) is 60.3 Å². The molecule has 8 nitrogen and oxygen atoms in total. The fraction of sp³-hybridized carbons (Fsp3) is 0.250. The van der Waals surface area contributed by atoms with Crippen LogP contribution in [0.15, 0.2) is 65.2 Å². The number of aromatic nitrogens is 1. The van der Waals surface area contributed by atoms with E-state index in [2.05, 4.69) is 10.3 Å². The molecule has 152 valence electrons. The maximum atomic E-state index is 13.0. The van der Waals surface area contributed by atoms with Gasteiger partial charge in [0.1, 0.15) is 10.7 Å². The molecule has 0 saturated heterocycles. The number of carbonyl (C=O) groups is 2. The Labute approximate surface area is 169 Å². The molecule has 0 bridgehead atoms. The second-order valence-corrected chi connectivity index (χ2v) is 8.21. The first kappa shape index (κ1) is 20.5. The Balaban J connectivity index is 1.80. The van der Waals surface area contributed by atoms with Gasteiger partial charge in [-0.25, -0.2) is 13.4 Å². The number of rotatable bonds is 7. The van der Waals surface area contributed by atoms with E-state index >= 15 is 0 Å². The first-order valence-electron chi connectivity index (χ1n) is 9.13. The molecule has 2 aromatic rings. The summed E-state index contributed by atoms with van der Waals surface area (Å²) in [5.41, 5.74) is 0.959. The molecule has 0 fully saturated rings. The predicted molar refractivity (Wildman–Crippen MR) is 110 cm³/mol. The van der Waals surface area contributed by atoms with Crippen LogP contribution < -0.4 is 14.5 Å². The maximum absolute atomic E-state index is 13.0. The highest BCUT2D eigenvalue weighted by atomic mass is 32.2. The molecule has 9 heteroatoms. The van der Waals surface area contributed by atoms with Crippen molar-refractivity contribution in [2.45, 2.75) is 18.2 Å². The van der Waals surface area contributed by atoms with Crippen LogP contribution in [0.3, 0.4) is 0 Å². The highest BCUT2D eigenvalue weighted by Gasteiger charge is 2.28. The quantitative estimate of drug-likeness (QED) is 0.743. The van der Waals surface area contributed by atoms with E-state index < -0.39 is 10.0 Å². The molecule has 0 saturated carbocycles. The van der Waals surface area contributed by atoms with Crippen LogP contribution in [-0.2, 0) is 19.6 Å². The molecule has 2 amide bonds. The summed E-state index contributed by atoms with van der Waals surface area (Å²) in [6.07, 6.45) is 2.93. The SMILES string of the molecule is CCN(c1ccccc1)S(=O)(=O)c1ccc(N2CC=C(CC(=O)NC)C2=O)nc1. The Hall–Kier alpha value is -3.20. The van der Waals surface area contributed by atoms with Gasteiger partial charge in [-0.1, -0.05) is 24.3 Å². The van der Waals surface area contributed by atoms with E-state index in [4.69, 9.17) is 0 Å². The summed E-state index contributed by atoms with van der Waals surface area (Å²) < 4.78 is 27.3. The van der Waals surface area contributed by atoms with Crippen LogP contribution in [0.1, 0.15) is 13.3 Å². The van der Waals surface area contributed by atoms with Crippen molar-refractivity contribution in [2.24, 2.45) is 0 Å². The van der Waals surface area contributed by atoms with Gasteiger partial charge in [-0.15, -0.1) is 0 Å². The molecular weight excluding hydrogens is 392 g/mol. The molecule has 1 aromatic heterocycles. The van der Waals surface area contributed by atoms with Crippen LogP contribution in [0.4, 0.5) is 11.5 Å². The Kier molecular flexibility index (Phi) is 5.97. The average molecular weight is 414 g/mol. The van der Waals surface area contributed by atoms with Crippen LogP contribution in [0.5, 0.6) is 0 Å². The van der Waals surface area contributed by atoms with Gasteiger partial charge in [-0.3, -0.25) is 18.8 Å². The third-order valence-corrected chi connectivity index (χ3v) is 6.47. The zero-order valence-electron chi connectivity index (χ0n) is 16.2. The molecule has 29 heavy (non-hydrogen) atoms. The van der Waals surface area contributed by atoms with Crippen LogP contribution >= 0.6 is 0 Å². The lowest BCUT2D eigenvalue weighted by atomic mass is 10.2. The smallest absolute Gasteiger partial charge is 0.265 e.